The van der Waals surface area contributed by atoms with Gasteiger partial charge in [0.2, 0.25) is 0 Å². The van der Waals surface area contributed by atoms with Crippen molar-refractivity contribution in [1.29, 1.82) is 0 Å². The second-order valence-electron chi connectivity index (χ2n) is 7.19. The summed E-state index contributed by atoms with van der Waals surface area (Å²) in [7, 11) is 1.74. The number of hydrogen-bond acceptors (Lipinski definition) is 3. The molecule has 1 aliphatic rings. The van der Waals surface area contributed by atoms with Gasteiger partial charge in [-0.15, -0.1) is 0 Å². The lowest BCUT2D eigenvalue weighted by molar-refractivity contribution is -0.136. The Morgan fingerprint density at radius 1 is 1.33 bits per heavy atom. The third-order valence-electron chi connectivity index (χ3n) is 5.11. The van der Waals surface area contributed by atoms with Gasteiger partial charge in [0.25, 0.3) is 0 Å². The van der Waals surface area contributed by atoms with E-state index in [0.717, 1.165) is 44.5 Å². The maximum Gasteiger partial charge on any atom is 0.111 e. The highest BCUT2D eigenvalue weighted by atomic mass is 16.5. The minimum Gasteiger partial charge on any atom is -0.390 e. The van der Waals surface area contributed by atoms with Gasteiger partial charge in [0, 0.05) is 32.5 Å². The Bertz CT molecular complexity index is 443. The number of ether oxygens (including phenoxy) is 1. The molecular weight excluding hydrogens is 264 g/mol. The smallest absolute Gasteiger partial charge is 0.111 e. The first-order chi connectivity index (χ1) is 9.92. The molecule has 1 heterocycles. The van der Waals surface area contributed by atoms with E-state index in [1.165, 1.54) is 0 Å². The van der Waals surface area contributed by atoms with Crippen LogP contribution >= 0.6 is 0 Å². The molecule has 0 bridgehead atoms. The van der Waals surface area contributed by atoms with Crippen LogP contribution in [-0.4, -0.2) is 33.5 Å². The summed E-state index contributed by atoms with van der Waals surface area (Å²) < 4.78 is 7.93. The lowest BCUT2D eigenvalue weighted by atomic mass is 9.68. The number of aliphatic hydroxyl groups is 1. The van der Waals surface area contributed by atoms with Crippen molar-refractivity contribution in [3.05, 3.63) is 18.2 Å². The third-order valence-corrected chi connectivity index (χ3v) is 5.11. The number of methoxy groups -OCH3 is 1. The normalized spacial score (nSPS) is 22.1. The van der Waals surface area contributed by atoms with Crippen LogP contribution in [0.5, 0.6) is 0 Å². The first-order valence-corrected chi connectivity index (χ1v) is 8.16. The van der Waals surface area contributed by atoms with Gasteiger partial charge in [0.05, 0.1) is 11.7 Å². The predicted octanol–water partition coefficient (Wildman–Crippen LogP) is 3.18. The zero-order valence-corrected chi connectivity index (χ0v) is 13.9. The minimum absolute atomic E-state index is 0.364. The van der Waals surface area contributed by atoms with Gasteiger partial charge in [-0.05, 0) is 37.5 Å². The molecule has 1 fully saturated rings. The van der Waals surface area contributed by atoms with Gasteiger partial charge < -0.3 is 14.4 Å². The third kappa shape index (κ3) is 3.67. The summed E-state index contributed by atoms with van der Waals surface area (Å²) in [4.78, 5) is 4.41. The molecule has 1 N–H and O–H groups in total. The molecule has 4 nitrogen and oxygen atoms in total. The molecule has 0 amide bonds. The lowest BCUT2D eigenvalue weighted by Crippen LogP contribution is -2.49. The van der Waals surface area contributed by atoms with Crippen molar-refractivity contribution >= 4 is 0 Å². The van der Waals surface area contributed by atoms with E-state index in [1.54, 1.807) is 7.11 Å². The zero-order chi connectivity index (χ0) is 15.5. The minimum atomic E-state index is -0.489. The number of rotatable bonds is 6. The number of aryl methyl sites for hydroxylation is 1. The van der Waals surface area contributed by atoms with E-state index in [-0.39, 0.29) is 0 Å². The molecule has 1 atom stereocenters. The molecule has 1 aromatic heterocycles. The van der Waals surface area contributed by atoms with Crippen LogP contribution in [0.15, 0.2) is 12.4 Å². The molecule has 2 rings (SSSR count). The van der Waals surface area contributed by atoms with Gasteiger partial charge in [-0.25, -0.2) is 4.98 Å². The standard InChI is InChI=1S/C17H30N2O2/c1-5-11-19-12-10-18-15(19)13-14(20)17(21-4)8-6-16(2,3)7-9-17/h10,12,14,20H,5-9,11,13H2,1-4H3. The highest BCUT2D eigenvalue weighted by molar-refractivity contribution is 5.02. The zero-order valence-electron chi connectivity index (χ0n) is 13.9. The van der Waals surface area contributed by atoms with Crippen molar-refractivity contribution in [2.75, 3.05) is 7.11 Å². The first kappa shape index (κ1) is 16.5. The van der Waals surface area contributed by atoms with Gasteiger partial charge >= 0.3 is 0 Å². The van der Waals surface area contributed by atoms with Crippen LogP contribution < -0.4 is 0 Å². The van der Waals surface area contributed by atoms with E-state index >= 15 is 0 Å². The lowest BCUT2D eigenvalue weighted by Gasteiger charge is -2.45. The van der Waals surface area contributed by atoms with Crippen molar-refractivity contribution in [3.63, 3.8) is 0 Å². The van der Waals surface area contributed by atoms with E-state index in [4.69, 9.17) is 4.74 Å². The summed E-state index contributed by atoms with van der Waals surface area (Å²) in [5.41, 5.74) is -0.0407. The maximum absolute atomic E-state index is 10.8. The average molecular weight is 294 g/mol. The van der Waals surface area contributed by atoms with Crippen LogP contribution in [-0.2, 0) is 17.7 Å². The van der Waals surface area contributed by atoms with Crippen LogP contribution in [0.4, 0.5) is 0 Å². The van der Waals surface area contributed by atoms with Crippen molar-refractivity contribution in [3.8, 4) is 0 Å². The largest absolute Gasteiger partial charge is 0.390 e. The highest BCUT2D eigenvalue weighted by Crippen LogP contribution is 2.43. The fourth-order valence-corrected chi connectivity index (χ4v) is 3.36. The van der Waals surface area contributed by atoms with E-state index in [9.17, 15) is 5.11 Å². The summed E-state index contributed by atoms with van der Waals surface area (Å²) in [5, 5.41) is 10.8. The molecule has 4 heteroatoms. The van der Waals surface area contributed by atoms with Gasteiger partial charge in [-0.3, -0.25) is 0 Å². The molecular formula is C17H30N2O2. The van der Waals surface area contributed by atoms with Gasteiger partial charge in [0.15, 0.2) is 0 Å². The summed E-state index contributed by atoms with van der Waals surface area (Å²) in [6.07, 6.45) is 9.01. The van der Waals surface area contributed by atoms with Gasteiger partial charge in [-0.1, -0.05) is 20.8 Å². The number of aromatic nitrogens is 2. The Morgan fingerprint density at radius 3 is 2.57 bits per heavy atom. The molecule has 21 heavy (non-hydrogen) atoms. The van der Waals surface area contributed by atoms with Crippen LogP contribution in [0, 0.1) is 5.41 Å². The molecule has 0 spiro atoms. The second kappa shape index (κ2) is 6.49. The Balaban J connectivity index is 2.07. The molecule has 1 saturated carbocycles. The fourth-order valence-electron chi connectivity index (χ4n) is 3.36. The van der Waals surface area contributed by atoms with Gasteiger partial charge in [0.1, 0.15) is 5.82 Å². The highest BCUT2D eigenvalue weighted by Gasteiger charge is 2.44. The monoisotopic (exact) mass is 294 g/mol. The van der Waals surface area contributed by atoms with Gasteiger partial charge in [-0.2, -0.15) is 0 Å². The number of nitrogens with zero attached hydrogens (tertiary/aromatic N) is 2. The van der Waals surface area contributed by atoms with Crippen LogP contribution in [0.25, 0.3) is 0 Å². The van der Waals surface area contributed by atoms with Crippen LogP contribution in [0.2, 0.25) is 0 Å². The maximum atomic E-state index is 10.8. The van der Waals surface area contributed by atoms with E-state index in [0.29, 0.717) is 11.8 Å². The SMILES string of the molecule is CCCn1ccnc1CC(O)C1(OC)CCC(C)(C)CC1. The summed E-state index contributed by atoms with van der Waals surface area (Å²) in [5.74, 6) is 0.964. The number of imidazole rings is 1. The summed E-state index contributed by atoms with van der Waals surface area (Å²) in [6.45, 7) is 7.70. The molecule has 0 aromatic carbocycles. The molecule has 1 aliphatic carbocycles. The van der Waals surface area contributed by atoms with Crippen molar-refractivity contribution in [1.82, 2.24) is 9.55 Å². The van der Waals surface area contributed by atoms with Crippen molar-refractivity contribution in [2.45, 2.75) is 77.5 Å². The molecule has 1 unspecified atom stereocenters. The van der Waals surface area contributed by atoms with Crippen LogP contribution in [0.1, 0.15) is 58.7 Å². The van der Waals surface area contributed by atoms with Crippen molar-refractivity contribution < 1.29 is 9.84 Å². The van der Waals surface area contributed by atoms with Crippen molar-refractivity contribution in [2.24, 2.45) is 5.41 Å². The molecule has 120 valence electrons. The molecule has 0 saturated heterocycles. The predicted molar refractivity (Wildman–Crippen MR) is 84.2 cm³/mol. The molecule has 0 aliphatic heterocycles. The Hall–Kier alpha value is -0.870. The number of aliphatic hydroxyl groups excluding tert-OH is 1. The molecule has 0 radical (unpaired) electrons. The Kier molecular flexibility index (Phi) is 5.10. The first-order valence-electron chi connectivity index (χ1n) is 8.16. The average Bonchev–Trinajstić information content (AvgIpc) is 2.87. The second-order valence-corrected chi connectivity index (χ2v) is 7.19. The van der Waals surface area contributed by atoms with E-state index in [2.05, 4.69) is 30.3 Å². The summed E-state index contributed by atoms with van der Waals surface area (Å²) in [6, 6.07) is 0. The fraction of sp³-hybridized carbons (Fsp3) is 0.824. The Labute approximate surface area is 128 Å². The Morgan fingerprint density at radius 2 is 2.00 bits per heavy atom. The van der Waals surface area contributed by atoms with Crippen LogP contribution in [0.3, 0.4) is 0 Å². The summed E-state index contributed by atoms with van der Waals surface area (Å²) >= 11 is 0. The quantitative estimate of drug-likeness (QED) is 0.876. The van der Waals surface area contributed by atoms with E-state index in [1.807, 2.05) is 12.4 Å². The van der Waals surface area contributed by atoms with E-state index < -0.39 is 11.7 Å². The molecule has 1 aromatic rings. The topological polar surface area (TPSA) is 47.3 Å². The number of hydrogen-bond donors (Lipinski definition) is 1.